The van der Waals surface area contributed by atoms with Crippen LogP contribution < -0.4 is 16.1 Å². The minimum atomic E-state index is -0.552. The van der Waals surface area contributed by atoms with Crippen LogP contribution in [0.5, 0.6) is 0 Å². The first-order valence-corrected chi connectivity index (χ1v) is 11.6. The van der Waals surface area contributed by atoms with E-state index in [1.807, 2.05) is 24.3 Å². The zero-order valence-corrected chi connectivity index (χ0v) is 21.6. The molecule has 0 saturated carbocycles. The molecule has 2 aromatic carbocycles. The summed E-state index contributed by atoms with van der Waals surface area (Å²) in [5.41, 5.74) is 2.65. The predicted molar refractivity (Wildman–Crippen MR) is 141 cm³/mol. The zero-order chi connectivity index (χ0) is 23.8. The number of hydrogen-bond donors (Lipinski definition) is 2. The van der Waals surface area contributed by atoms with E-state index in [0.717, 1.165) is 24.2 Å². The lowest BCUT2D eigenvalue weighted by Gasteiger charge is -2.29. The summed E-state index contributed by atoms with van der Waals surface area (Å²) in [7, 11) is 0. The second-order valence-corrected chi connectivity index (χ2v) is 9.12. The minimum Gasteiger partial charge on any atom is -0.379 e. The summed E-state index contributed by atoms with van der Waals surface area (Å²) in [6.07, 6.45) is 1.50. The van der Waals surface area contributed by atoms with Crippen molar-refractivity contribution in [3.63, 3.8) is 0 Å². The number of carbonyl (C=O) groups excluding carboxylic acids is 2. The first kappa shape index (κ1) is 25.4. The number of carbonyl (C=O) groups is 2. The van der Waals surface area contributed by atoms with E-state index in [4.69, 9.17) is 16.3 Å². The van der Waals surface area contributed by atoms with Crippen molar-refractivity contribution in [2.24, 2.45) is 0 Å². The highest BCUT2D eigenvalue weighted by atomic mass is 79.9. The number of aromatic nitrogens is 1. The Morgan fingerprint density at radius 1 is 1.14 bits per heavy atom. The summed E-state index contributed by atoms with van der Waals surface area (Å²) in [5.74, 6) is -0.669. The second kappa shape index (κ2) is 10.5. The summed E-state index contributed by atoms with van der Waals surface area (Å²) in [6.45, 7) is 5.57. The van der Waals surface area contributed by atoms with E-state index in [9.17, 15) is 14.4 Å². The number of ether oxygens (including phenoxy) is 1. The van der Waals surface area contributed by atoms with E-state index in [1.165, 1.54) is 6.20 Å². The van der Waals surface area contributed by atoms with Gasteiger partial charge in [0, 0.05) is 42.8 Å². The fraction of sp³-hybridized carbons (Fsp3) is 0.320. The summed E-state index contributed by atoms with van der Waals surface area (Å²) in [5, 5.41) is 6.77. The number of nitrogens with one attached hydrogen (secondary N) is 2. The summed E-state index contributed by atoms with van der Waals surface area (Å²) >= 11 is 5.92. The SMILES string of the molecule is Br.CC1C(=O)Nc2cc(CN3CCOCC3)cc3c(=O)c(C(=O)NCc4ccc(Cl)cc4)cn1c23. The van der Waals surface area contributed by atoms with Crippen LogP contribution in [0, 0.1) is 0 Å². The summed E-state index contributed by atoms with van der Waals surface area (Å²) in [4.78, 5) is 41.4. The van der Waals surface area contributed by atoms with Gasteiger partial charge in [-0.15, -0.1) is 17.0 Å². The molecule has 0 bridgehead atoms. The number of hydrogen-bond acceptors (Lipinski definition) is 5. The first-order chi connectivity index (χ1) is 16.4. The fourth-order valence-electron chi connectivity index (χ4n) is 4.47. The molecule has 35 heavy (non-hydrogen) atoms. The minimum absolute atomic E-state index is 0. The number of halogens is 2. The van der Waals surface area contributed by atoms with Gasteiger partial charge in [0.25, 0.3) is 5.91 Å². The molecular weight excluding hydrogens is 536 g/mol. The van der Waals surface area contributed by atoms with Crippen LogP contribution in [0.3, 0.4) is 0 Å². The third-order valence-corrected chi connectivity index (χ3v) is 6.61. The van der Waals surface area contributed by atoms with E-state index in [0.29, 0.717) is 41.4 Å². The molecule has 8 nitrogen and oxygen atoms in total. The first-order valence-electron chi connectivity index (χ1n) is 11.3. The van der Waals surface area contributed by atoms with Gasteiger partial charge in [-0.2, -0.15) is 0 Å². The van der Waals surface area contributed by atoms with Gasteiger partial charge in [-0.25, -0.2) is 0 Å². The van der Waals surface area contributed by atoms with Crippen LogP contribution >= 0.6 is 28.6 Å². The van der Waals surface area contributed by atoms with Gasteiger partial charge < -0.3 is 19.9 Å². The monoisotopic (exact) mass is 560 g/mol. The topological polar surface area (TPSA) is 92.7 Å². The maximum atomic E-state index is 13.5. The van der Waals surface area contributed by atoms with Gasteiger partial charge >= 0.3 is 0 Å². The normalized spacial score (nSPS) is 17.5. The van der Waals surface area contributed by atoms with Crippen LogP contribution in [0.4, 0.5) is 5.69 Å². The number of anilines is 1. The molecule has 2 aliphatic heterocycles. The number of amides is 2. The van der Waals surface area contributed by atoms with Crippen molar-refractivity contribution in [1.82, 2.24) is 14.8 Å². The van der Waals surface area contributed by atoms with Crippen LogP contribution in [0.2, 0.25) is 5.02 Å². The van der Waals surface area contributed by atoms with Crippen molar-refractivity contribution in [2.75, 3.05) is 31.6 Å². The Hall–Kier alpha value is -2.72. The van der Waals surface area contributed by atoms with Gasteiger partial charge in [0.1, 0.15) is 11.6 Å². The Balaban J connectivity index is 0.00000289. The smallest absolute Gasteiger partial charge is 0.257 e. The van der Waals surface area contributed by atoms with Crippen molar-refractivity contribution < 1.29 is 14.3 Å². The molecule has 2 amide bonds. The van der Waals surface area contributed by atoms with Gasteiger partial charge in [-0.1, -0.05) is 23.7 Å². The van der Waals surface area contributed by atoms with Crippen molar-refractivity contribution in [1.29, 1.82) is 0 Å². The Morgan fingerprint density at radius 2 is 1.86 bits per heavy atom. The Labute approximate surface area is 218 Å². The van der Waals surface area contributed by atoms with E-state index < -0.39 is 11.9 Å². The molecule has 0 radical (unpaired) electrons. The van der Waals surface area contributed by atoms with Gasteiger partial charge in [-0.05, 0) is 42.3 Å². The van der Waals surface area contributed by atoms with Crippen molar-refractivity contribution in [3.8, 4) is 0 Å². The summed E-state index contributed by atoms with van der Waals surface area (Å²) in [6, 6.07) is 10.3. The molecule has 0 spiro atoms. The van der Waals surface area contributed by atoms with Crippen LogP contribution in [-0.4, -0.2) is 47.6 Å². The predicted octanol–water partition coefficient (Wildman–Crippen LogP) is 3.51. The molecular formula is C25H26BrClN4O4. The van der Waals surface area contributed by atoms with Crippen LogP contribution in [0.25, 0.3) is 10.9 Å². The molecule has 5 rings (SSSR count). The zero-order valence-electron chi connectivity index (χ0n) is 19.2. The van der Waals surface area contributed by atoms with Gasteiger partial charge in [-0.3, -0.25) is 19.3 Å². The van der Waals surface area contributed by atoms with Crippen molar-refractivity contribution >= 4 is 57.0 Å². The average Bonchev–Trinajstić information content (AvgIpc) is 2.83. The molecule has 1 fully saturated rings. The molecule has 184 valence electrons. The van der Waals surface area contributed by atoms with Crippen LogP contribution in [-0.2, 0) is 22.6 Å². The molecule has 1 atom stereocenters. The molecule has 1 unspecified atom stereocenters. The van der Waals surface area contributed by atoms with E-state index in [1.54, 1.807) is 23.6 Å². The van der Waals surface area contributed by atoms with Gasteiger partial charge in [0.2, 0.25) is 11.3 Å². The second-order valence-electron chi connectivity index (χ2n) is 8.68. The van der Waals surface area contributed by atoms with E-state index in [-0.39, 0.29) is 40.4 Å². The lowest BCUT2D eigenvalue weighted by molar-refractivity contribution is -0.118. The molecule has 2 N–H and O–H groups in total. The highest BCUT2D eigenvalue weighted by Crippen LogP contribution is 2.32. The molecule has 10 heteroatoms. The maximum Gasteiger partial charge on any atom is 0.257 e. The Kier molecular flexibility index (Phi) is 7.61. The summed E-state index contributed by atoms with van der Waals surface area (Å²) < 4.78 is 7.15. The lowest BCUT2D eigenvalue weighted by Crippen LogP contribution is -2.36. The number of nitrogens with zero attached hydrogens (tertiary/aromatic N) is 2. The molecule has 1 saturated heterocycles. The van der Waals surface area contributed by atoms with E-state index >= 15 is 0 Å². The average molecular weight is 562 g/mol. The third kappa shape index (κ3) is 5.13. The standard InChI is InChI=1S/C25H25ClN4O4.BrH/c1-15-24(32)28-21-11-17(13-29-6-8-34-9-7-29)10-19-22(21)30(15)14-20(23(19)31)25(33)27-12-16-2-4-18(26)5-3-16;/h2-5,10-11,14-15H,6-9,12-13H2,1H3,(H,27,33)(H,28,32);1H. The van der Waals surface area contributed by atoms with E-state index in [2.05, 4.69) is 15.5 Å². The van der Waals surface area contributed by atoms with Gasteiger partial charge in [0.05, 0.1) is 24.4 Å². The van der Waals surface area contributed by atoms with Crippen molar-refractivity contribution in [2.45, 2.75) is 26.1 Å². The number of benzene rings is 2. The van der Waals surface area contributed by atoms with Gasteiger partial charge in [0.15, 0.2) is 0 Å². The highest BCUT2D eigenvalue weighted by molar-refractivity contribution is 8.93. The molecule has 3 aromatic rings. The van der Waals surface area contributed by atoms with Crippen molar-refractivity contribution in [3.05, 3.63) is 74.5 Å². The molecule has 2 aliphatic rings. The Morgan fingerprint density at radius 3 is 2.57 bits per heavy atom. The van der Waals surface area contributed by atoms with Crippen LogP contribution in [0.1, 0.15) is 34.5 Å². The third-order valence-electron chi connectivity index (χ3n) is 6.36. The maximum absolute atomic E-state index is 13.5. The quantitative estimate of drug-likeness (QED) is 0.497. The van der Waals surface area contributed by atoms with Crippen LogP contribution in [0.15, 0.2) is 47.4 Å². The fourth-order valence-corrected chi connectivity index (χ4v) is 4.59. The number of pyridine rings is 1. The highest BCUT2D eigenvalue weighted by Gasteiger charge is 2.28. The molecule has 3 heterocycles. The molecule has 0 aliphatic carbocycles. The number of rotatable bonds is 5. The lowest BCUT2D eigenvalue weighted by atomic mass is 10.0. The number of morpholine rings is 1. The Bertz CT molecular complexity index is 1340. The molecule has 1 aromatic heterocycles. The largest absolute Gasteiger partial charge is 0.379 e.